The smallest absolute Gasteiger partial charge is 0.347 e. The lowest BCUT2D eigenvalue weighted by atomic mass is 10.1. The van der Waals surface area contributed by atoms with Crippen molar-refractivity contribution in [2.45, 2.75) is 19.4 Å². The number of ether oxygens (including phenoxy) is 2. The van der Waals surface area contributed by atoms with Crippen LogP contribution in [0.25, 0.3) is 0 Å². The molecule has 106 valence electrons. The van der Waals surface area contributed by atoms with E-state index in [1.807, 2.05) is 19.1 Å². The Labute approximate surface area is 116 Å². The van der Waals surface area contributed by atoms with E-state index in [2.05, 4.69) is 10.1 Å². The van der Waals surface area contributed by atoms with E-state index in [1.54, 1.807) is 12.1 Å². The van der Waals surface area contributed by atoms with Crippen LogP contribution in [0.5, 0.6) is 0 Å². The van der Waals surface area contributed by atoms with Gasteiger partial charge < -0.3 is 14.8 Å². The summed E-state index contributed by atoms with van der Waals surface area (Å²) in [5, 5.41) is 2.44. The van der Waals surface area contributed by atoms with E-state index in [9.17, 15) is 14.4 Å². The van der Waals surface area contributed by atoms with Crippen LogP contribution in [0.3, 0.4) is 0 Å². The fraction of sp³-hybridized carbons (Fsp3) is 0.357. The molecule has 1 fully saturated rings. The van der Waals surface area contributed by atoms with Crippen molar-refractivity contribution in [1.29, 1.82) is 0 Å². The summed E-state index contributed by atoms with van der Waals surface area (Å²) in [5.74, 6) is -1.56. The maximum atomic E-state index is 11.8. The highest BCUT2D eigenvalue weighted by Gasteiger charge is 2.30. The Morgan fingerprint density at radius 3 is 2.65 bits per heavy atom. The molecule has 1 amide bonds. The minimum absolute atomic E-state index is 0.256. The van der Waals surface area contributed by atoms with Crippen molar-refractivity contribution in [3.05, 3.63) is 35.4 Å². The third-order valence-corrected chi connectivity index (χ3v) is 2.87. The molecule has 1 N–H and O–H groups in total. The van der Waals surface area contributed by atoms with Crippen molar-refractivity contribution >= 4 is 17.8 Å². The minimum Gasteiger partial charge on any atom is -0.463 e. The van der Waals surface area contributed by atoms with Gasteiger partial charge in [-0.3, -0.25) is 9.59 Å². The number of aryl methyl sites for hydroxylation is 1. The number of hydrogen-bond donors (Lipinski definition) is 1. The summed E-state index contributed by atoms with van der Waals surface area (Å²) in [5.41, 5.74) is 1.50. The quantitative estimate of drug-likeness (QED) is 0.814. The molecule has 0 spiro atoms. The van der Waals surface area contributed by atoms with Crippen LogP contribution in [0.1, 0.15) is 22.3 Å². The number of carbonyl (C=O) groups excluding carboxylic acids is 3. The molecule has 0 aliphatic carbocycles. The molecule has 0 aromatic heterocycles. The van der Waals surface area contributed by atoms with Crippen LogP contribution in [0.4, 0.5) is 0 Å². The first-order valence-electron chi connectivity index (χ1n) is 6.27. The lowest BCUT2D eigenvalue weighted by molar-refractivity contribution is -0.159. The van der Waals surface area contributed by atoms with Gasteiger partial charge in [-0.25, -0.2) is 4.79 Å². The molecule has 1 heterocycles. The lowest BCUT2D eigenvalue weighted by Gasteiger charge is -2.09. The van der Waals surface area contributed by atoms with Gasteiger partial charge in [-0.15, -0.1) is 0 Å². The molecule has 1 atom stereocenters. The number of amides is 1. The Balaban J connectivity index is 1.79. The largest absolute Gasteiger partial charge is 0.463 e. The molecule has 0 unspecified atom stereocenters. The highest BCUT2D eigenvalue weighted by Crippen LogP contribution is 2.10. The van der Waals surface area contributed by atoms with Crippen LogP contribution >= 0.6 is 0 Å². The van der Waals surface area contributed by atoms with E-state index in [-0.39, 0.29) is 19.1 Å². The number of benzene rings is 1. The summed E-state index contributed by atoms with van der Waals surface area (Å²) in [6.45, 7) is 1.89. The molecule has 0 bridgehead atoms. The van der Waals surface area contributed by atoms with Crippen molar-refractivity contribution in [3.63, 3.8) is 0 Å². The second-order valence-electron chi connectivity index (χ2n) is 4.48. The molecular formula is C14H15NO5. The summed E-state index contributed by atoms with van der Waals surface area (Å²) < 4.78 is 9.57. The van der Waals surface area contributed by atoms with E-state index in [4.69, 9.17) is 4.74 Å². The lowest BCUT2D eigenvalue weighted by Crippen LogP contribution is -2.33. The van der Waals surface area contributed by atoms with Crippen LogP contribution in [-0.2, 0) is 19.1 Å². The van der Waals surface area contributed by atoms with Gasteiger partial charge in [0.05, 0.1) is 6.61 Å². The molecule has 1 aromatic carbocycles. The van der Waals surface area contributed by atoms with Gasteiger partial charge in [0.25, 0.3) is 5.91 Å². The predicted molar refractivity (Wildman–Crippen MR) is 69.0 cm³/mol. The molecule has 1 aromatic rings. The summed E-state index contributed by atoms with van der Waals surface area (Å²) >= 11 is 0. The summed E-state index contributed by atoms with van der Waals surface area (Å²) in [7, 11) is 0. The summed E-state index contributed by atoms with van der Waals surface area (Å²) in [6, 6.07) is 6.96. The SMILES string of the molecule is Cc1ccc(C(=O)NCC(=O)O[C@H]2CCOC2=O)cc1. The highest BCUT2D eigenvalue weighted by atomic mass is 16.6. The fourth-order valence-corrected chi connectivity index (χ4v) is 1.74. The van der Waals surface area contributed by atoms with Crippen LogP contribution in [0.2, 0.25) is 0 Å². The third-order valence-electron chi connectivity index (χ3n) is 2.87. The molecule has 20 heavy (non-hydrogen) atoms. The zero-order chi connectivity index (χ0) is 14.5. The fourth-order valence-electron chi connectivity index (χ4n) is 1.74. The Kier molecular flexibility index (Phi) is 4.34. The molecular weight excluding hydrogens is 262 g/mol. The Hall–Kier alpha value is -2.37. The molecule has 0 radical (unpaired) electrons. The number of esters is 2. The minimum atomic E-state index is -0.848. The van der Waals surface area contributed by atoms with Crippen LogP contribution in [-0.4, -0.2) is 37.1 Å². The predicted octanol–water partition coefficient (Wildman–Crippen LogP) is 0.584. The molecule has 1 saturated heterocycles. The van der Waals surface area contributed by atoms with Gasteiger partial charge in [0.2, 0.25) is 6.10 Å². The van der Waals surface area contributed by atoms with E-state index in [0.717, 1.165) is 5.56 Å². The average Bonchev–Trinajstić information content (AvgIpc) is 2.82. The normalized spacial score (nSPS) is 17.4. The second kappa shape index (κ2) is 6.18. The third kappa shape index (κ3) is 3.57. The van der Waals surface area contributed by atoms with E-state index < -0.39 is 18.0 Å². The van der Waals surface area contributed by atoms with Crippen molar-refractivity contribution in [1.82, 2.24) is 5.32 Å². The van der Waals surface area contributed by atoms with E-state index in [1.165, 1.54) is 0 Å². The molecule has 0 saturated carbocycles. The van der Waals surface area contributed by atoms with Gasteiger partial charge in [-0.1, -0.05) is 17.7 Å². The first-order valence-corrected chi connectivity index (χ1v) is 6.27. The number of nitrogens with one attached hydrogen (secondary N) is 1. The van der Waals surface area contributed by atoms with Gasteiger partial charge in [-0.2, -0.15) is 0 Å². The number of cyclic esters (lactones) is 1. The standard InChI is InChI=1S/C14H15NO5/c1-9-2-4-10(5-3-9)13(17)15-8-12(16)20-11-6-7-19-14(11)18/h2-5,11H,6-8H2,1H3,(H,15,17)/t11-/m0/s1. The molecule has 2 rings (SSSR count). The Bertz CT molecular complexity index is 523. The maximum absolute atomic E-state index is 11.8. The molecule has 1 aliphatic rings. The van der Waals surface area contributed by atoms with Crippen molar-refractivity contribution in [3.8, 4) is 0 Å². The van der Waals surface area contributed by atoms with Crippen LogP contribution < -0.4 is 5.32 Å². The van der Waals surface area contributed by atoms with Crippen LogP contribution in [0.15, 0.2) is 24.3 Å². The number of carbonyl (C=O) groups is 3. The maximum Gasteiger partial charge on any atom is 0.347 e. The zero-order valence-corrected chi connectivity index (χ0v) is 11.0. The van der Waals surface area contributed by atoms with Crippen LogP contribution in [0, 0.1) is 6.92 Å². The molecule has 6 nitrogen and oxygen atoms in total. The Morgan fingerprint density at radius 1 is 1.35 bits per heavy atom. The summed E-state index contributed by atoms with van der Waals surface area (Å²) in [4.78, 5) is 34.4. The average molecular weight is 277 g/mol. The van der Waals surface area contributed by atoms with Gasteiger partial charge in [0.1, 0.15) is 6.54 Å². The Morgan fingerprint density at radius 2 is 2.05 bits per heavy atom. The highest BCUT2D eigenvalue weighted by molar-refractivity contribution is 5.96. The first-order chi connectivity index (χ1) is 9.56. The molecule has 6 heteroatoms. The number of hydrogen-bond acceptors (Lipinski definition) is 5. The first kappa shape index (κ1) is 14.0. The van der Waals surface area contributed by atoms with Crippen molar-refractivity contribution < 1.29 is 23.9 Å². The second-order valence-corrected chi connectivity index (χ2v) is 4.48. The van der Waals surface area contributed by atoms with E-state index in [0.29, 0.717) is 12.0 Å². The van der Waals surface area contributed by atoms with Gasteiger partial charge >= 0.3 is 11.9 Å². The van der Waals surface area contributed by atoms with Gasteiger partial charge in [-0.05, 0) is 19.1 Å². The molecule has 1 aliphatic heterocycles. The monoisotopic (exact) mass is 277 g/mol. The van der Waals surface area contributed by atoms with E-state index >= 15 is 0 Å². The van der Waals surface area contributed by atoms with Gasteiger partial charge in [0.15, 0.2) is 0 Å². The zero-order valence-electron chi connectivity index (χ0n) is 11.0. The van der Waals surface area contributed by atoms with Gasteiger partial charge in [0, 0.05) is 12.0 Å². The van der Waals surface area contributed by atoms with Crippen molar-refractivity contribution in [2.75, 3.05) is 13.2 Å². The summed E-state index contributed by atoms with van der Waals surface area (Å²) in [6.07, 6.45) is -0.491. The number of rotatable bonds is 4. The topological polar surface area (TPSA) is 81.7 Å². The van der Waals surface area contributed by atoms with Crippen molar-refractivity contribution in [2.24, 2.45) is 0 Å².